The summed E-state index contributed by atoms with van der Waals surface area (Å²) in [6.45, 7) is 0.432. The number of rotatable bonds is 9. The van der Waals surface area contributed by atoms with E-state index in [1.165, 1.54) is 18.2 Å². The van der Waals surface area contributed by atoms with Gasteiger partial charge in [-0.15, -0.1) is 0 Å². The Labute approximate surface area is 124 Å². The van der Waals surface area contributed by atoms with Gasteiger partial charge < -0.3 is 10.2 Å². The number of carbonyl (C=O) groups is 1. The van der Waals surface area contributed by atoms with Crippen LogP contribution in [0, 0.1) is 0 Å². The van der Waals surface area contributed by atoms with Crippen LogP contribution in [0.5, 0.6) is 0 Å². The Morgan fingerprint density at radius 3 is 2.38 bits per heavy atom. The molecule has 0 heterocycles. The molecular formula is C14H19NO5S. The summed E-state index contributed by atoms with van der Waals surface area (Å²) in [4.78, 5) is 10.5. The summed E-state index contributed by atoms with van der Waals surface area (Å²) in [5.41, 5.74) is 0.610. The predicted molar refractivity (Wildman–Crippen MR) is 79.2 cm³/mol. The second-order valence-corrected chi connectivity index (χ2v) is 6.19. The zero-order chi connectivity index (χ0) is 15.7. The highest BCUT2D eigenvalue weighted by Crippen LogP contribution is 2.11. The van der Waals surface area contributed by atoms with Gasteiger partial charge in [-0.25, -0.2) is 17.9 Å². The molecule has 7 heteroatoms. The molecule has 0 aliphatic carbocycles. The van der Waals surface area contributed by atoms with E-state index >= 15 is 0 Å². The molecule has 1 rings (SSSR count). The molecule has 0 spiro atoms. The van der Waals surface area contributed by atoms with Gasteiger partial charge in [-0.2, -0.15) is 0 Å². The third kappa shape index (κ3) is 6.52. The molecule has 6 nitrogen and oxygen atoms in total. The maximum atomic E-state index is 12.0. The van der Waals surface area contributed by atoms with Crippen LogP contribution in [0.15, 0.2) is 35.2 Å². The fourth-order valence-corrected chi connectivity index (χ4v) is 2.70. The standard InChI is InChI=1S/C14H19NO5S/c16-11-3-1-2-10-15-21(19,20)13-7-4-12(5-8-13)6-9-14(17)18/h4-9,15-16H,1-3,10-11H2,(H,17,18)/b9-6+. The van der Waals surface area contributed by atoms with Crippen molar-refractivity contribution in [1.82, 2.24) is 4.72 Å². The van der Waals surface area contributed by atoms with Crippen molar-refractivity contribution in [2.45, 2.75) is 24.2 Å². The topological polar surface area (TPSA) is 104 Å². The molecule has 0 unspecified atom stereocenters. The van der Waals surface area contributed by atoms with E-state index in [1.807, 2.05) is 0 Å². The molecule has 1 aromatic rings. The predicted octanol–water partition coefficient (Wildman–Crippen LogP) is 1.23. The number of sulfonamides is 1. The molecule has 21 heavy (non-hydrogen) atoms. The molecule has 1 aromatic carbocycles. The largest absolute Gasteiger partial charge is 0.478 e. The van der Waals surface area contributed by atoms with E-state index in [0.717, 1.165) is 12.5 Å². The van der Waals surface area contributed by atoms with Crippen LogP contribution in [0.1, 0.15) is 24.8 Å². The molecule has 116 valence electrons. The minimum atomic E-state index is -3.55. The average molecular weight is 313 g/mol. The van der Waals surface area contributed by atoms with E-state index in [1.54, 1.807) is 12.1 Å². The van der Waals surface area contributed by atoms with Crippen molar-refractivity contribution >= 4 is 22.1 Å². The molecule has 0 aliphatic rings. The van der Waals surface area contributed by atoms with E-state index in [-0.39, 0.29) is 11.5 Å². The van der Waals surface area contributed by atoms with Crippen LogP contribution in [-0.2, 0) is 14.8 Å². The zero-order valence-corrected chi connectivity index (χ0v) is 12.3. The number of hydrogen-bond acceptors (Lipinski definition) is 4. The Bertz CT molecular complexity index is 578. The minimum absolute atomic E-state index is 0.109. The van der Waals surface area contributed by atoms with Crippen LogP contribution in [0.4, 0.5) is 0 Å². The van der Waals surface area contributed by atoms with Crippen molar-refractivity contribution < 1.29 is 23.4 Å². The lowest BCUT2D eigenvalue weighted by atomic mass is 10.2. The molecule has 0 aromatic heterocycles. The molecule has 0 atom stereocenters. The molecule has 0 amide bonds. The summed E-state index contributed by atoms with van der Waals surface area (Å²) in [5.74, 6) is -1.06. The smallest absolute Gasteiger partial charge is 0.328 e. The maximum absolute atomic E-state index is 12.0. The van der Waals surface area contributed by atoms with Gasteiger partial charge in [0.2, 0.25) is 10.0 Å². The summed E-state index contributed by atoms with van der Waals surface area (Å²) in [6.07, 6.45) is 4.47. The maximum Gasteiger partial charge on any atom is 0.328 e. The second-order valence-electron chi connectivity index (χ2n) is 4.42. The summed E-state index contributed by atoms with van der Waals surface area (Å²) >= 11 is 0. The molecular weight excluding hydrogens is 294 g/mol. The van der Waals surface area contributed by atoms with Gasteiger partial charge in [-0.3, -0.25) is 0 Å². The van der Waals surface area contributed by atoms with Gasteiger partial charge in [0.15, 0.2) is 0 Å². The van der Waals surface area contributed by atoms with E-state index in [4.69, 9.17) is 10.2 Å². The highest BCUT2D eigenvalue weighted by atomic mass is 32.2. The quantitative estimate of drug-likeness (QED) is 0.470. The van der Waals surface area contributed by atoms with Crippen molar-refractivity contribution in [1.29, 1.82) is 0 Å². The lowest BCUT2D eigenvalue weighted by Gasteiger charge is -2.06. The van der Waals surface area contributed by atoms with Crippen molar-refractivity contribution in [2.24, 2.45) is 0 Å². The monoisotopic (exact) mass is 313 g/mol. The molecule has 3 N–H and O–H groups in total. The fraction of sp³-hybridized carbons (Fsp3) is 0.357. The molecule has 0 bridgehead atoms. The first-order valence-corrected chi connectivity index (χ1v) is 8.05. The van der Waals surface area contributed by atoms with Crippen LogP contribution < -0.4 is 4.72 Å². The third-order valence-corrected chi connectivity index (χ3v) is 4.21. The summed E-state index contributed by atoms with van der Waals surface area (Å²) in [6, 6.07) is 5.94. The fourth-order valence-electron chi connectivity index (χ4n) is 1.63. The SMILES string of the molecule is O=C(O)/C=C/c1ccc(S(=O)(=O)NCCCCCO)cc1. The lowest BCUT2D eigenvalue weighted by molar-refractivity contribution is -0.131. The van der Waals surface area contributed by atoms with Crippen molar-refractivity contribution in [3.8, 4) is 0 Å². The number of aliphatic carboxylic acids is 1. The number of hydrogen-bond donors (Lipinski definition) is 3. The molecule has 0 saturated carbocycles. The second kappa shape index (κ2) is 8.56. The number of aliphatic hydroxyl groups is 1. The molecule has 0 fully saturated rings. The van der Waals surface area contributed by atoms with E-state index in [0.29, 0.717) is 24.9 Å². The first kappa shape index (κ1) is 17.4. The number of nitrogens with one attached hydrogen (secondary N) is 1. The van der Waals surface area contributed by atoms with Gasteiger partial charge in [-0.05, 0) is 43.0 Å². The van der Waals surface area contributed by atoms with E-state index in [9.17, 15) is 13.2 Å². The summed E-state index contributed by atoms with van der Waals surface area (Å²) in [7, 11) is -3.55. The summed E-state index contributed by atoms with van der Waals surface area (Å²) < 4.78 is 26.4. The van der Waals surface area contributed by atoms with Crippen LogP contribution in [0.3, 0.4) is 0 Å². The first-order valence-electron chi connectivity index (χ1n) is 6.57. The number of carboxylic acids is 1. The number of aliphatic hydroxyl groups excluding tert-OH is 1. The lowest BCUT2D eigenvalue weighted by Crippen LogP contribution is -2.24. The Hall–Kier alpha value is -1.70. The normalized spacial score (nSPS) is 11.9. The van der Waals surface area contributed by atoms with E-state index < -0.39 is 16.0 Å². The van der Waals surface area contributed by atoms with E-state index in [2.05, 4.69) is 4.72 Å². The minimum Gasteiger partial charge on any atom is -0.478 e. The van der Waals surface area contributed by atoms with Gasteiger partial charge in [0.1, 0.15) is 0 Å². The third-order valence-electron chi connectivity index (χ3n) is 2.74. The van der Waals surface area contributed by atoms with Crippen LogP contribution >= 0.6 is 0 Å². The van der Waals surface area contributed by atoms with Crippen molar-refractivity contribution in [3.63, 3.8) is 0 Å². The van der Waals surface area contributed by atoms with Gasteiger partial charge in [0.05, 0.1) is 4.90 Å². The highest BCUT2D eigenvalue weighted by molar-refractivity contribution is 7.89. The van der Waals surface area contributed by atoms with Crippen LogP contribution in [0.2, 0.25) is 0 Å². The highest BCUT2D eigenvalue weighted by Gasteiger charge is 2.12. The number of unbranched alkanes of at least 4 members (excludes halogenated alkanes) is 2. The van der Waals surface area contributed by atoms with Crippen LogP contribution in [0.25, 0.3) is 6.08 Å². The Kier molecular flexibility index (Phi) is 7.07. The summed E-state index contributed by atoms with van der Waals surface area (Å²) in [5, 5.41) is 17.1. The molecule has 0 radical (unpaired) electrons. The Balaban J connectivity index is 2.61. The Morgan fingerprint density at radius 1 is 1.14 bits per heavy atom. The Morgan fingerprint density at radius 2 is 1.81 bits per heavy atom. The van der Waals surface area contributed by atoms with Crippen molar-refractivity contribution in [2.75, 3.05) is 13.2 Å². The first-order chi connectivity index (χ1) is 9.95. The molecule has 0 aliphatic heterocycles. The average Bonchev–Trinajstić information content (AvgIpc) is 2.45. The van der Waals surface area contributed by atoms with Gasteiger partial charge in [-0.1, -0.05) is 12.1 Å². The van der Waals surface area contributed by atoms with Gasteiger partial charge in [0.25, 0.3) is 0 Å². The number of benzene rings is 1. The van der Waals surface area contributed by atoms with Gasteiger partial charge >= 0.3 is 5.97 Å². The van der Waals surface area contributed by atoms with Crippen LogP contribution in [-0.4, -0.2) is 37.8 Å². The molecule has 0 saturated heterocycles. The zero-order valence-electron chi connectivity index (χ0n) is 11.5. The van der Waals surface area contributed by atoms with Crippen molar-refractivity contribution in [3.05, 3.63) is 35.9 Å². The van der Waals surface area contributed by atoms with Gasteiger partial charge in [0, 0.05) is 19.2 Å². The number of carboxylic acid groups (broad SMARTS) is 1.